The summed E-state index contributed by atoms with van der Waals surface area (Å²) in [5.41, 5.74) is 4.05. The van der Waals surface area contributed by atoms with Crippen molar-refractivity contribution in [1.82, 2.24) is 0 Å². The summed E-state index contributed by atoms with van der Waals surface area (Å²) < 4.78 is 12.7. The van der Waals surface area contributed by atoms with E-state index >= 15 is 0 Å². The maximum atomic E-state index is 6.03. The molecule has 0 heterocycles. The lowest BCUT2D eigenvalue weighted by atomic mass is 9.65. The van der Waals surface area contributed by atoms with Crippen LogP contribution in [0.25, 0.3) is 0 Å². The first-order valence-corrected chi connectivity index (χ1v) is 10.4. The number of hydrogen-bond acceptors (Lipinski definition) is 2. The molecular formula is C24H29BrO2. The quantitative estimate of drug-likeness (QED) is 0.462. The minimum atomic E-state index is 0.282. The van der Waals surface area contributed by atoms with Gasteiger partial charge in [0, 0.05) is 0 Å². The fourth-order valence-corrected chi connectivity index (χ4v) is 4.74. The van der Waals surface area contributed by atoms with Crippen molar-refractivity contribution >= 4 is 15.9 Å². The van der Waals surface area contributed by atoms with E-state index < -0.39 is 0 Å². The predicted molar refractivity (Wildman–Crippen MR) is 115 cm³/mol. The van der Waals surface area contributed by atoms with E-state index in [0.717, 1.165) is 34.4 Å². The molecule has 1 aliphatic carbocycles. The van der Waals surface area contributed by atoms with Crippen molar-refractivity contribution in [1.29, 1.82) is 0 Å². The average molecular weight is 429 g/mol. The van der Waals surface area contributed by atoms with Gasteiger partial charge in [-0.1, -0.05) is 62.4 Å². The Morgan fingerprint density at radius 2 is 1.89 bits per heavy atom. The lowest BCUT2D eigenvalue weighted by Gasteiger charge is -2.40. The molecule has 0 aromatic heterocycles. The first kappa shape index (κ1) is 20.0. The normalized spacial score (nSPS) is 19.0. The van der Waals surface area contributed by atoms with E-state index in [0.29, 0.717) is 12.5 Å². The second-order valence-electron chi connectivity index (χ2n) is 8.10. The van der Waals surface area contributed by atoms with Crippen molar-refractivity contribution in [3.05, 3.63) is 70.2 Å². The van der Waals surface area contributed by atoms with Crippen LogP contribution in [0.1, 0.15) is 44.2 Å². The van der Waals surface area contributed by atoms with Gasteiger partial charge in [-0.2, -0.15) is 0 Å². The monoisotopic (exact) mass is 428 g/mol. The molecule has 2 aromatic carbocycles. The van der Waals surface area contributed by atoms with E-state index in [-0.39, 0.29) is 5.41 Å². The van der Waals surface area contributed by atoms with Gasteiger partial charge in [-0.3, -0.25) is 0 Å². The van der Waals surface area contributed by atoms with Crippen LogP contribution in [-0.4, -0.2) is 7.11 Å². The van der Waals surface area contributed by atoms with E-state index in [4.69, 9.17) is 9.47 Å². The molecule has 1 fully saturated rings. The molecule has 0 radical (unpaired) electrons. The predicted octanol–water partition coefficient (Wildman–Crippen LogP) is 6.96. The van der Waals surface area contributed by atoms with Crippen LogP contribution in [0.3, 0.4) is 0 Å². The Bertz CT molecular complexity index is 796. The highest BCUT2D eigenvalue weighted by molar-refractivity contribution is 9.10. The van der Waals surface area contributed by atoms with Crippen LogP contribution in [0, 0.1) is 11.3 Å². The van der Waals surface area contributed by atoms with E-state index in [1.165, 1.54) is 24.0 Å². The van der Waals surface area contributed by atoms with Gasteiger partial charge in [-0.05, 0) is 70.1 Å². The molecule has 27 heavy (non-hydrogen) atoms. The minimum Gasteiger partial charge on any atom is -0.492 e. The molecule has 0 saturated heterocycles. The topological polar surface area (TPSA) is 18.5 Å². The molecule has 1 aliphatic rings. The Kier molecular flexibility index (Phi) is 6.31. The summed E-state index contributed by atoms with van der Waals surface area (Å²) in [5.74, 6) is 2.02. The van der Waals surface area contributed by atoms with Crippen LogP contribution in [-0.2, 0) is 13.0 Å². The van der Waals surface area contributed by atoms with Gasteiger partial charge in [0.25, 0.3) is 0 Å². The van der Waals surface area contributed by atoms with Gasteiger partial charge in [0.05, 0.1) is 11.6 Å². The van der Waals surface area contributed by atoms with Gasteiger partial charge in [0.1, 0.15) is 6.61 Å². The molecule has 2 nitrogen and oxygen atoms in total. The number of allylic oxidation sites excluding steroid dienone is 1. The zero-order chi connectivity index (χ0) is 19.4. The Morgan fingerprint density at radius 1 is 1.15 bits per heavy atom. The Labute approximate surface area is 171 Å². The molecule has 1 unspecified atom stereocenters. The van der Waals surface area contributed by atoms with E-state index in [9.17, 15) is 0 Å². The molecule has 0 N–H and O–H groups in total. The SMILES string of the molecule is C=C1CCCC(C)(C)C1Cc1ccc(OCc2ccccc2)c(OC)c1Br. The van der Waals surface area contributed by atoms with Gasteiger partial charge in [-0.15, -0.1) is 0 Å². The highest BCUT2D eigenvalue weighted by Crippen LogP contribution is 2.47. The molecule has 0 aliphatic heterocycles. The second-order valence-corrected chi connectivity index (χ2v) is 8.89. The third-order valence-electron chi connectivity index (χ3n) is 5.76. The Balaban J connectivity index is 1.80. The van der Waals surface area contributed by atoms with Crippen molar-refractivity contribution in [2.24, 2.45) is 11.3 Å². The first-order valence-electron chi connectivity index (χ1n) is 9.62. The molecule has 0 spiro atoms. The van der Waals surface area contributed by atoms with E-state index in [2.05, 4.69) is 54.6 Å². The number of ether oxygens (including phenoxy) is 2. The Morgan fingerprint density at radius 3 is 2.56 bits per heavy atom. The van der Waals surface area contributed by atoms with Crippen LogP contribution in [0.2, 0.25) is 0 Å². The van der Waals surface area contributed by atoms with Crippen molar-refractivity contribution < 1.29 is 9.47 Å². The van der Waals surface area contributed by atoms with Crippen molar-refractivity contribution in [3.8, 4) is 11.5 Å². The molecule has 1 atom stereocenters. The Hall–Kier alpha value is -1.74. The second kappa shape index (κ2) is 8.52. The summed E-state index contributed by atoms with van der Waals surface area (Å²) >= 11 is 3.77. The maximum Gasteiger partial charge on any atom is 0.175 e. The van der Waals surface area contributed by atoms with E-state index in [1.54, 1.807) is 7.11 Å². The van der Waals surface area contributed by atoms with Gasteiger partial charge in [0.2, 0.25) is 0 Å². The average Bonchev–Trinajstić information content (AvgIpc) is 2.65. The molecule has 144 valence electrons. The third-order valence-corrected chi connectivity index (χ3v) is 6.63. The van der Waals surface area contributed by atoms with Crippen molar-refractivity contribution in [2.45, 2.75) is 46.1 Å². The largest absolute Gasteiger partial charge is 0.492 e. The number of benzene rings is 2. The van der Waals surface area contributed by atoms with Crippen molar-refractivity contribution in [3.63, 3.8) is 0 Å². The van der Waals surface area contributed by atoms with Crippen LogP contribution in [0.15, 0.2) is 59.1 Å². The first-order chi connectivity index (χ1) is 12.9. The molecule has 0 bridgehead atoms. The summed E-state index contributed by atoms with van der Waals surface area (Å²) in [6.07, 6.45) is 4.62. The van der Waals surface area contributed by atoms with Crippen LogP contribution >= 0.6 is 15.9 Å². The smallest absolute Gasteiger partial charge is 0.175 e. The zero-order valence-electron chi connectivity index (χ0n) is 16.6. The summed E-state index contributed by atoms with van der Waals surface area (Å²) in [4.78, 5) is 0. The lowest BCUT2D eigenvalue weighted by Crippen LogP contribution is -2.31. The fraction of sp³-hybridized carbons (Fsp3) is 0.417. The molecule has 0 amide bonds. The highest BCUT2D eigenvalue weighted by atomic mass is 79.9. The fourth-order valence-electron chi connectivity index (χ4n) is 4.09. The van der Waals surface area contributed by atoms with Gasteiger partial charge < -0.3 is 9.47 Å². The van der Waals surface area contributed by atoms with Gasteiger partial charge >= 0.3 is 0 Å². The van der Waals surface area contributed by atoms with Crippen molar-refractivity contribution in [2.75, 3.05) is 7.11 Å². The standard InChI is InChI=1S/C24H29BrO2/c1-17-9-8-14-24(2,3)20(17)15-19-12-13-21(23(26-4)22(19)25)27-16-18-10-6-5-7-11-18/h5-7,10-13,20H,1,8-9,14-16H2,2-4H3. The molecule has 2 aromatic rings. The van der Waals surface area contributed by atoms with Crippen LogP contribution < -0.4 is 9.47 Å². The number of hydrogen-bond donors (Lipinski definition) is 0. The third kappa shape index (κ3) is 4.57. The minimum absolute atomic E-state index is 0.282. The van der Waals surface area contributed by atoms with Gasteiger partial charge in [0.15, 0.2) is 11.5 Å². The molecule has 1 saturated carbocycles. The lowest BCUT2D eigenvalue weighted by molar-refractivity contribution is 0.189. The number of rotatable bonds is 6. The maximum absolute atomic E-state index is 6.03. The number of methoxy groups -OCH3 is 1. The molecule has 3 rings (SSSR count). The zero-order valence-corrected chi connectivity index (χ0v) is 18.1. The molecule has 3 heteroatoms. The summed E-state index contributed by atoms with van der Waals surface area (Å²) in [6, 6.07) is 14.4. The van der Waals surface area contributed by atoms with Crippen LogP contribution in [0.4, 0.5) is 0 Å². The summed E-state index contributed by atoms with van der Waals surface area (Å²) in [5, 5.41) is 0. The summed E-state index contributed by atoms with van der Waals surface area (Å²) in [7, 11) is 1.70. The molecular weight excluding hydrogens is 400 g/mol. The summed E-state index contributed by atoms with van der Waals surface area (Å²) in [6.45, 7) is 9.62. The highest BCUT2D eigenvalue weighted by Gasteiger charge is 2.35. The number of halogens is 1. The van der Waals surface area contributed by atoms with Gasteiger partial charge in [-0.25, -0.2) is 0 Å². The van der Waals surface area contributed by atoms with E-state index in [1.807, 2.05) is 24.3 Å². The van der Waals surface area contributed by atoms with Crippen LogP contribution in [0.5, 0.6) is 11.5 Å².